The molecule has 1 heterocycles. The van der Waals surface area contributed by atoms with Crippen LogP contribution in [0.4, 0.5) is 4.39 Å². The van der Waals surface area contributed by atoms with Crippen molar-refractivity contribution in [2.45, 2.75) is 51.2 Å². The van der Waals surface area contributed by atoms with Crippen LogP contribution in [-0.4, -0.2) is 25.3 Å². The highest BCUT2D eigenvalue weighted by Gasteiger charge is 2.21. The summed E-state index contributed by atoms with van der Waals surface area (Å²) >= 11 is 3.30. The van der Waals surface area contributed by atoms with Gasteiger partial charge in [0.1, 0.15) is 5.82 Å². The lowest BCUT2D eigenvalue weighted by Gasteiger charge is -2.22. The minimum absolute atomic E-state index is 0.130. The Labute approximate surface area is 129 Å². The van der Waals surface area contributed by atoms with E-state index in [0.29, 0.717) is 6.10 Å². The Morgan fingerprint density at radius 1 is 1.50 bits per heavy atom. The van der Waals surface area contributed by atoms with Crippen LogP contribution in [0.3, 0.4) is 0 Å². The van der Waals surface area contributed by atoms with Gasteiger partial charge in [0, 0.05) is 17.1 Å². The van der Waals surface area contributed by atoms with Crippen molar-refractivity contribution < 1.29 is 9.13 Å². The Kier molecular flexibility index (Phi) is 6.46. The van der Waals surface area contributed by atoms with Crippen LogP contribution in [0.25, 0.3) is 0 Å². The summed E-state index contributed by atoms with van der Waals surface area (Å²) in [7, 11) is 0. The summed E-state index contributed by atoms with van der Waals surface area (Å²) in [6, 6.07) is 5.60. The molecule has 1 aromatic carbocycles. The van der Waals surface area contributed by atoms with Crippen molar-refractivity contribution >= 4 is 15.9 Å². The predicted molar refractivity (Wildman–Crippen MR) is 83.5 cm³/mol. The van der Waals surface area contributed by atoms with Gasteiger partial charge in [0.25, 0.3) is 0 Å². The lowest BCUT2D eigenvalue weighted by molar-refractivity contribution is 0.0945. The SMILES string of the molecule is CCCNC(Cc1ccc(Br)cc1F)CC1CCCO1. The fraction of sp³-hybridized carbons (Fsp3) is 0.625. The Bertz CT molecular complexity index is 421. The van der Waals surface area contributed by atoms with Crippen LogP contribution in [0.15, 0.2) is 22.7 Å². The second-order valence-corrected chi connectivity index (χ2v) is 6.38. The van der Waals surface area contributed by atoms with Gasteiger partial charge in [-0.2, -0.15) is 0 Å². The normalized spacial score (nSPS) is 20.2. The third-order valence-corrected chi connectivity index (χ3v) is 4.23. The molecule has 1 aliphatic rings. The van der Waals surface area contributed by atoms with E-state index < -0.39 is 0 Å². The molecular weight excluding hydrogens is 321 g/mol. The van der Waals surface area contributed by atoms with Crippen molar-refractivity contribution in [3.8, 4) is 0 Å². The molecular formula is C16H23BrFNO. The monoisotopic (exact) mass is 343 g/mol. The number of nitrogens with one attached hydrogen (secondary N) is 1. The molecule has 0 saturated carbocycles. The molecule has 1 N–H and O–H groups in total. The molecule has 2 unspecified atom stereocenters. The fourth-order valence-electron chi connectivity index (χ4n) is 2.69. The first kappa shape index (κ1) is 15.9. The van der Waals surface area contributed by atoms with Gasteiger partial charge in [0.2, 0.25) is 0 Å². The van der Waals surface area contributed by atoms with Gasteiger partial charge in [-0.05, 0) is 56.3 Å². The molecule has 1 saturated heterocycles. The first-order valence-electron chi connectivity index (χ1n) is 7.48. The summed E-state index contributed by atoms with van der Waals surface area (Å²) in [4.78, 5) is 0. The highest BCUT2D eigenvalue weighted by molar-refractivity contribution is 9.10. The molecule has 20 heavy (non-hydrogen) atoms. The molecule has 0 amide bonds. The number of rotatable bonds is 7. The average molecular weight is 344 g/mol. The zero-order chi connectivity index (χ0) is 14.4. The van der Waals surface area contributed by atoms with Crippen LogP contribution in [0, 0.1) is 5.82 Å². The van der Waals surface area contributed by atoms with E-state index in [-0.39, 0.29) is 11.9 Å². The molecule has 0 bridgehead atoms. The summed E-state index contributed by atoms with van der Waals surface area (Å²) in [6.07, 6.45) is 5.40. The minimum Gasteiger partial charge on any atom is -0.378 e. The maximum atomic E-state index is 14.0. The molecule has 1 fully saturated rings. The summed E-state index contributed by atoms with van der Waals surface area (Å²) in [5.41, 5.74) is 0.778. The van der Waals surface area contributed by atoms with Gasteiger partial charge in [-0.3, -0.25) is 0 Å². The molecule has 1 aromatic rings. The van der Waals surface area contributed by atoms with Gasteiger partial charge >= 0.3 is 0 Å². The largest absolute Gasteiger partial charge is 0.378 e. The summed E-state index contributed by atoms with van der Waals surface area (Å²) in [6.45, 7) is 3.99. The van der Waals surface area contributed by atoms with Crippen LogP contribution in [0.5, 0.6) is 0 Å². The zero-order valence-corrected chi connectivity index (χ0v) is 13.6. The second-order valence-electron chi connectivity index (χ2n) is 5.46. The van der Waals surface area contributed by atoms with Crippen LogP contribution in [0.2, 0.25) is 0 Å². The second kappa shape index (κ2) is 8.11. The maximum absolute atomic E-state index is 14.0. The van der Waals surface area contributed by atoms with E-state index in [1.54, 1.807) is 0 Å². The minimum atomic E-state index is -0.130. The van der Waals surface area contributed by atoms with Gasteiger partial charge in [-0.1, -0.05) is 28.9 Å². The van der Waals surface area contributed by atoms with Crippen molar-refractivity contribution in [1.82, 2.24) is 5.32 Å². The smallest absolute Gasteiger partial charge is 0.127 e. The van der Waals surface area contributed by atoms with Crippen LogP contribution in [0.1, 0.15) is 38.2 Å². The van der Waals surface area contributed by atoms with Crippen molar-refractivity contribution in [2.75, 3.05) is 13.2 Å². The van der Waals surface area contributed by atoms with Gasteiger partial charge in [0.05, 0.1) is 6.10 Å². The zero-order valence-electron chi connectivity index (χ0n) is 12.0. The van der Waals surface area contributed by atoms with Gasteiger partial charge in [-0.15, -0.1) is 0 Å². The number of hydrogen-bond acceptors (Lipinski definition) is 2. The molecule has 1 aliphatic heterocycles. The van der Waals surface area contributed by atoms with Crippen LogP contribution in [-0.2, 0) is 11.2 Å². The number of ether oxygens (including phenoxy) is 1. The van der Waals surface area contributed by atoms with Crippen molar-refractivity contribution in [1.29, 1.82) is 0 Å². The molecule has 2 nitrogen and oxygen atoms in total. The Balaban J connectivity index is 1.97. The van der Waals surface area contributed by atoms with Gasteiger partial charge in [-0.25, -0.2) is 4.39 Å². The van der Waals surface area contributed by atoms with Gasteiger partial charge in [0.15, 0.2) is 0 Å². The highest BCUT2D eigenvalue weighted by atomic mass is 79.9. The van der Waals surface area contributed by atoms with E-state index in [1.807, 2.05) is 12.1 Å². The first-order chi connectivity index (χ1) is 9.69. The van der Waals surface area contributed by atoms with Gasteiger partial charge < -0.3 is 10.1 Å². The molecule has 4 heteroatoms. The van der Waals surface area contributed by atoms with Crippen molar-refractivity contribution in [3.63, 3.8) is 0 Å². The molecule has 0 aliphatic carbocycles. The molecule has 0 radical (unpaired) electrons. The lowest BCUT2D eigenvalue weighted by Crippen LogP contribution is -2.35. The first-order valence-corrected chi connectivity index (χ1v) is 8.27. The lowest BCUT2D eigenvalue weighted by atomic mass is 9.99. The average Bonchev–Trinajstić information content (AvgIpc) is 2.92. The molecule has 2 rings (SSSR count). The molecule has 0 aromatic heterocycles. The Hall–Kier alpha value is -0.450. The van der Waals surface area contributed by atoms with E-state index in [1.165, 1.54) is 6.07 Å². The standard InChI is InChI=1S/C16H23BrFNO/c1-2-7-19-14(11-15-4-3-8-20-15)9-12-5-6-13(17)10-16(12)18/h5-6,10,14-15,19H,2-4,7-9,11H2,1H3. The molecule has 112 valence electrons. The maximum Gasteiger partial charge on any atom is 0.127 e. The quantitative estimate of drug-likeness (QED) is 0.805. The van der Waals surface area contributed by atoms with Crippen molar-refractivity contribution in [3.05, 3.63) is 34.1 Å². The van der Waals surface area contributed by atoms with Crippen molar-refractivity contribution in [2.24, 2.45) is 0 Å². The summed E-state index contributed by atoms with van der Waals surface area (Å²) < 4.78 is 20.5. The predicted octanol–water partition coefficient (Wildman–Crippen LogP) is 4.07. The van der Waals surface area contributed by atoms with E-state index in [0.717, 1.165) is 55.3 Å². The molecule has 0 spiro atoms. The number of halogens is 2. The summed E-state index contributed by atoms with van der Waals surface area (Å²) in [5, 5.41) is 3.53. The van der Waals surface area contributed by atoms with Crippen LogP contribution >= 0.6 is 15.9 Å². The Morgan fingerprint density at radius 3 is 3.00 bits per heavy atom. The number of hydrogen-bond donors (Lipinski definition) is 1. The van der Waals surface area contributed by atoms with E-state index in [4.69, 9.17) is 4.74 Å². The number of benzene rings is 1. The highest BCUT2D eigenvalue weighted by Crippen LogP contribution is 2.21. The van der Waals surface area contributed by atoms with E-state index in [2.05, 4.69) is 28.2 Å². The summed E-state index contributed by atoms with van der Waals surface area (Å²) in [5.74, 6) is -0.130. The third-order valence-electron chi connectivity index (χ3n) is 3.74. The molecule has 2 atom stereocenters. The van der Waals surface area contributed by atoms with Crippen LogP contribution < -0.4 is 5.32 Å². The topological polar surface area (TPSA) is 21.3 Å². The fourth-order valence-corrected chi connectivity index (χ4v) is 3.02. The third kappa shape index (κ3) is 4.83. The Morgan fingerprint density at radius 2 is 2.35 bits per heavy atom. The van der Waals surface area contributed by atoms with E-state index in [9.17, 15) is 4.39 Å². The van der Waals surface area contributed by atoms with E-state index >= 15 is 0 Å².